The average molecular weight is 403 g/mol. The summed E-state index contributed by atoms with van der Waals surface area (Å²) in [5.41, 5.74) is 2.85. The molecule has 0 radical (unpaired) electrons. The topological polar surface area (TPSA) is 88.9 Å². The van der Waals surface area contributed by atoms with Crippen molar-refractivity contribution in [2.75, 3.05) is 11.9 Å². The molecule has 0 aliphatic carbocycles. The SMILES string of the molecule is O=C(Cc1cccc(F)c1)NCC(=O)Nc1ccc(-n2cnc3ccccc32)nc1. The van der Waals surface area contributed by atoms with Crippen molar-refractivity contribution in [1.82, 2.24) is 19.9 Å². The lowest BCUT2D eigenvalue weighted by molar-refractivity contribution is -0.123. The Morgan fingerprint density at radius 3 is 2.63 bits per heavy atom. The summed E-state index contributed by atoms with van der Waals surface area (Å²) >= 11 is 0. The molecule has 0 fully saturated rings. The third-order valence-corrected chi connectivity index (χ3v) is 4.43. The van der Waals surface area contributed by atoms with Crippen LogP contribution in [-0.2, 0) is 16.0 Å². The smallest absolute Gasteiger partial charge is 0.243 e. The van der Waals surface area contributed by atoms with Gasteiger partial charge in [0.15, 0.2) is 0 Å². The molecule has 8 heteroatoms. The van der Waals surface area contributed by atoms with Gasteiger partial charge in [-0.15, -0.1) is 0 Å². The number of imidazole rings is 1. The molecule has 30 heavy (non-hydrogen) atoms. The first kappa shape index (κ1) is 19.3. The molecule has 0 spiro atoms. The predicted molar refractivity (Wildman–Crippen MR) is 111 cm³/mol. The molecule has 0 atom stereocenters. The molecule has 0 bridgehead atoms. The molecule has 0 aliphatic heterocycles. The normalized spacial score (nSPS) is 10.7. The monoisotopic (exact) mass is 403 g/mol. The summed E-state index contributed by atoms with van der Waals surface area (Å²) in [7, 11) is 0. The fourth-order valence-electron chi connectivity index (χ4n) is 3.02. The van der Waals surface area contributed by atoms with E-state index in [9.17, 15) is 14.0 Å². The number of benzene rings is 2. The third kappa shape index (κ3) is 4.49. The van der Waals surface area contributed by atoms with Crippen molar-refractivity contribution in [3.8, 4) is 5.82 Å². The Hall–Kier alpha value is -4.07. The van der Waals surface area contributed by atoms with Gasteiger partial charge < -0.3 is 10.6 Å². The molecule has 7 nitrogen and oxygen atoms in total. The van der Waals surface area contributed by atoms with E-state index >= 15 is 0 Å². The van der Waals surface area contributed by atoms with Crippen molar-refractivity contribution >= 4 is 28.5 Å². The third-order valence-electron chi connectivity index (χ3n) is 4.43. The fourth-order valence-corrected chi connectivity index (χ4v) is 3.02. The van der Waals surface area contributed by atoms with Gasteiger partial charge in [-0.05, 0) is 42.0 Å². The highest BCUT2D eigenvalue weighted by atomic mass is 19.1. The molecule has 0 saturated heterocycles. The number of nitrogens with one attached hydrogen (secondary N) is 2. The molecule has 2 N–H and O–H groups in total. The van der Waals surface area contributed by atoms with Gasteiger partial charge in [0.1, 0.15) is 18.0 Å². The van der Waals surface area contributed by atoms with E-state index in [2.05, 4.69) is 20.6 Å². The van der Waals surface area contributed by atoms with Gasteiger partial charge in [0, 0.05) is 0 Å². The Bertz CT molecular complexity index is 1200. The minimum absolute atomic E-state index is 0.000153. The van der Waals surface area contributed by atoms with Crippen LogP contribution in [0.2, 0.25) is 0 Å². The molecule has 0 aliphatic rings. The van der Waals surface area contributed by atoms with Crippen molar-refractivity contribution in [2.45, 2.75) is 6.42 Å². The van der Waals surface area contributed by atoms with Gasteiger partial charge >= 0.3 is 0 Å². The number of para-hydroxylation sites is 2. The quantitative estimate of drug-likeness (QED) is 0.518. The number of aromatic nitrogens is 3. The summed E-state index contributed by atoms with van der Waals surface area (Å²) in [5.74, 6) is -0.482. The van der Waals surface area contributed by atoms with Gasteiger partial charge in [0.05, 0.1) is 35.9 Å². The second kappa shape index (κ2) is 8.52. The zero-order valence-corrected chi connectivity index (χ0v) is 15.9. The zero-order valence-electron chi connectivity index (χ0n) is 15.9. The standard InChI is InChI=1S/C22H18FN5O2/c23-16-5-3-4-15(10-16)11-21(29)25-13-22(30)27-17-8-9-20(24-12-17)28-14-26-18-6-1-2-7-19(18)28/h1-10,12,14H,11,13H2,(H,25,29)(H,27,30). The van der Waals surface area contributed by atoms with Crippen LogP contribution in [0, 0.1) is 5.82 Å². The number of fused-ring (bicyclic) bond motifs is 1. The summed E-state index contributed by atoms with van der Waals surface area (Å²) in [6, 6.07) is 17.0. The highest BCUT2D eigenvalue weighted by molar-refractivity contribution is 5.94. The minimum Gasteiger partial charge on any atom is -0.347 e. The summed E-state index contributed by atoms with van der Waals surface area (Å²) in [6.07, 6.45) is 3.23. The fraction of sp³-hybridized carbons (Fsp3) is 0.0909. The van der Waals surface area contributed by atoms with Crippen LogP contribution in [0.15, 0.2) is 73.2 Å². The van der Waals surface area contributed by atoms with Crippen molar-refractivity contribution in [1.29, 1.82) is 0 Å². The van der Waals surface area contributed by atoms with Crippen LogP contribution in [0.1, 0.15) is 5.56 Å². The van der Waals surface area contributed by atoms with Crippen LogP contribution in [-0.4, -0.2) is 32.9 Å². The van der Waals surface area contributed by atoms with Crippen molar-refractivity contribution in [2.24, 2.45) is 0 Å². The van der Waals surface area contributed by atoms with Crippen LogP contribution in [0.5, 0.6) is 0 Å². The molecule has 2 aromatic carbocycles. The van der Waals surface area contributed by atoms with Crippen LogP contribution >= 0.6 is 0 Å². The van der Waals surface area contributed by atoms with E-state index in [-0.39, 0.29) is 24.8 Å². The van der Waals surface area contributed by atoms with E-state index < -0.39 is 5.82 Å². The molecule has 0 unspecified atom stereocenters. The van der Waals surface area contributed by atoms with Crippen LogP contribution < -0.4 is 10.6 Å². The van der Waals surface area contributed by atoms with E-state index in [1.165, 1.54) is 24.4 Å². The Kier molecular flexibility index (Phi) is 5.47. The second-order valence-electron chi connectivity index (χ2n) is 6.64. The first-order valence-corrected chi connectivity index (χ1v) is 9.28. The molecule has 150 valence electrons. The first-order valence-electron chi connectivity index (χ1n) is 9.28. The summed E-state index contributed by atoms with van der Waals surface area (Å²) in [4.78, 5) is 32.7. The average Bonchev–Trinajstić information content (AvgIpc) is 3.17. The molecular weight excluding hydrogens is 385 g/mol. The largest absolute Gasteiger partial charge is 0.347 e. The number of halogens is 1. The highest BCUT2D eigenvalue weighted by Gasteiger charge is 2.09. The molecule has 2 amide bonds. The zero-order chi connectivity index (χ0) is 20.9. The number of hydrogen-bond donors (Lipinski definition) is 2. The molecular formula is C22H18FN5O2. The summed E-state index contributed by atoms with van der Waals surface area (Å²) in [6.45, 7) is -0.192. The number of carbonyl (C=O) groups excluding carboxylic acids is 2. The molecule has 4 rings (SSSR count). The lowest BCUT2D eigenvalue weighted by Gasteiger charge is -2.08. The maximum Gasteiger partial charge on any atom is 0.243 e. The number of rotatable bonds is 6. The Morgan fingerprint density at radius 1 is 0.967 bits per heavy atom. The first-order chi connectivity index (χ1) is 14.6. The maximum absolute atomic E-state index is 13.2. The van der Waals surface area contributed by atoms with E-state index in [1.807, 2.05) is 28.8 Å². The molecule has 2 heterocycles. The Morgan fingerprint density at radius 2 is 1.83 bits per heavy atom. The summed E-state index contributed by atoms with van der Waals surface area (Å²) in [5, 5.41) is 5.20. The van der Waals surface area contributed by atoms with Gasteiger partial charge in [-0.3, -0.25) is 14.2 Å². The number of hydrogen-bond acceptors (Lipinski definition) is 4. The molecule has 2 aromatic heterocycles. The predicted octanol–water partition coefficient (Wildman–Crippen LogP) is 2.86. The minimum atomic E-state index is -0.405. The van der Waals surface area contributed by atoms with Crippen molar-refractivity contribution < 1.29 is 14.0 Å². The highest BCUT2D eigenvalue weighted by Crippen LogP contribution is 2.17. The van der Waals surface area contributed by atoms with Gasteiger partial charge in [-0.1, -0.05) is 24.3 Å². The number of pyridine rings is 1. The lowest BCUT2D eigenvalue weighted by Crippen LogP contribution is -2.33. The van der Waals surface area contributed by atoms with Gasteiger partial charge in [-0.25, -0.2) is 14.4 Å². The van der Waals surface area contributed by atoms with Crippen LogP contribution in [0.25, 0.3) is 16.9 Å². The summed E-state index contributed by atoms with van der Waals surface area (Å²) < 4.78 is 15.0. The van der Waals surface area contributed by atoms with Gasteiger partial charge in [-0.2, -0.15) is 0 Å². The number of nitrogens with zero attached hydrogens (tertiary/aromatic N) is 3. The van der Waals surface area contributed by atoms with Crippen LogP contribution in [0.3, 0.4) is 0 Å². The number of anilines is 1. The van der Waals surface area contributed by atoms with E-state index in [0.29, 0.717) is 17.1 Å². The van der Waals surface area contributed by atoms with E-state index in [1.54, 1.807) is 24.5 Å². The maximum atomic E-state index is 13.2. The molecule has 4 aromatic rings. The van der Waals surface area contributed by atoms with E-state index in [0.717, 1.165) is 11.0 Å². The van der Waals surface area contributed by atoms with Crippen molar-refractivity contribution in [3.05, 3.63) is 84.6 Å². The Labute approximate surface area is 171 Å². The van der Waals surface area contributed by atoms with Crippen LogP contribution in [0.4, 0.5) is 10.1 Å². The molecule has 0 saturated carbocycles. The van der Waals surface area contributed by atoms with Gasteiger partial charge in [0.2, 0.25) is 11.8 Å². The number of amides is 2. The Balaban J connectivity index is 1.32. The van der Waals surface area contributed by atoms with Gasteiger partial charge in [0.25, 0.3) is 0 Å². The van der Waals surface area contributed by atoms with Crippen molar-refractivity contribution in [3.63, 3.8) is 0 Å². The number of carbonyl (C=O) groups is 2. The second-order valence-corrected chi connectivity index (χ2v) is 6.64. The van der Waals surface area contributed by atoms with E-state index in [4.69, 9.17) is 0 Å². The lowest BCUT2D eigenvalue weighted by atomic mass is 10.1.